The van der Waals surface area contributed by atoms with Crippen LogP contribution in [0.25, 0.3) is 21.5 Å². The summed E-state index contributed by atoms with van der Waals surface area (Å²) < 4.78 is 5.29. The minimum absolute atomic E-state index is 0.117. The van der Waals surface area contributed by atoms with Gasteiger partial charge in [-0.1, -0.05) is 42.5 Å². The third-order valence-electron chi connectivity index (χ3n) is 4.81. The molecule has 5 nitrogen and oxygen atoms in total. The van der Waals surface area contributed by atoms with E-state index in [1.807, 2.05) is 73.7 Å². The van der Waals surface area contributed by atoms with E-state index in [4.69, 9.17) is 15.5 Å². The van der Waals surface area contributed by atoms with Gasteiger partial charge in [0.2, 0.25) is 0 Å². The number of aromatic nitrogens is 1. The van der Waals surface area contributed by atoms with Gasteiger partial charge in [-0.2, -0.15) is 0 Å². The first kappa shape index (κ1) is 19.0. The molecule has 0 fully saturated rings. The SMILES string of the molecule is COc1cccc(-c2ccc3c(N)c(C(=O)NC(C)c4ccccc4)sc3n2)c1. The van der Waals surface area contributed by atoms with Crippen LogP contribution in [0.3, 0.4) is 0 Å². The lowest BCUT2D eigenvalue weighted by Gasteiger charge is -2.13. The van der Waals surface area contributed by atoms with Crippen LogP contribution in [0.4, 0.5) is 5.69 Å². The van der Waals surface area contributed by atoms with Gasteiger partial charge in [0.25, 0.3) is 5.91 Å². The van der Waals surface area contributed by atoms with Crippen molar-refractivity contribution in [2.24, 2.45) is 0 Å². The minimum atomic E-state index is -0.190. The standard InChI is InChI=1S/C23H21N3O2S/c1-14(15-7-4-3-5-8-15)25-22(27)21-20(24)18-11-12-19(26-23(18)29-21)16-9-6-10-17(13-16)28-2/h3-14H,24H2,1-2H3,(H,25,27). The molecule has 6 heteroatoms. The van der Waals surface area contributed by atoms with Gasteiger partial charge >= 0.3 is 0 Å². The zero-order valence-electron chi connectivity index (χ0n) is 16.2. The Kier molecular flexibility index (Phi) is 5.18. The van der Waals surface area contributed by atoms with Crippen molar-refractivity contribution in [2.75, 3.05) is 12.8 Å². The molecule has 29 heavy (non-hydrogen) atoms. The van der Waals surface area contributed by atoms with E-state index in [0.29, 0.717) is 10.6 Å². The second-order valence-corrected chi connectivity index (χ2v) is 7.73. The van der Waals surface area contributed by atoms with E-state index in [1.54, 1.807) is 7.11 Å². The van der Waals surface area contributed by atoms with Gasteiger partial charge in [0.05, 0.1) is 24.5 Å². The highest BCUT2D eigenvalue weighted by molar-refractivity contribution is 7.21. The zero-order chi connectivity index (χ0) is 20.4. The molecule has 146 valence electrons. The highest BCUT2D eigenvalue weighted by atomic mass is 32.1. The van der Waals surface area contributed by atoms with E-state index in [2.05, 4.69) is 5.32 Å². The fraction of sp³-hybridized carbons (Fsp3) is 0.130. The number of pyridine rings is 1. The lowest BCUT2D eigenvalue weighted by Crippen LogP contribution is -2.26. The van der Waals surface area contributed by atoms with Crippen molar-refractivity contribution in [1.82, 2.24) is 10.3 Å². The molecule has 2 heterocycles. The summed E-state index contributed by atoms with van der Waals surface area (Å²) in [5.74, 6) is 0.579. The fourth-order valence-corrected chi connectivity index (χ4v) is 4.19. The molecule has 0 aliphatic heterocycles. The number of carbonyl (C=O) groups excluding carboxylic acids is 1. The summed E-state index contributed by atoms with van der Waals surface area (Å²) in [7, 11) is 1.64. The first-order valence-corrected chi connectivity index (χ1v) is 10.1. The Morgan fingerprint density at radius 3 is 2.66 bits per heavy atom. The molecule has 2 aromatic carbocycles. The van der Waals surface area contributed by atoms with E-state index in [9.17, 15) is 4.79 Å². The fourth-order valence-electron chi connectivity index (χ4n) is 3.20. The summed E-state index contributed by atoms with van der Waals surface area (Å²) in [5, 5.41) is 3.81. The normalized spacial score (nSPS) is 11.9. The number of rotatable bonds is 5. The van der Waals surface area contributed by atoms with E-state index >= 15 is 0 Å². The summed E-state index contributed by atoms with van der Waals surface area (Å²) in [6, 6.07) is 21.3. The van der Waals surface area contributed by atoms with Crippen molar-refractivity contribution in [1.29, 1.82) is 0 Å². The molecule has 4 rings (SSSR count). The van der Waals surface area contributed by atoms with Crippen molar-refractivity contribution < 1.29 is 9.53 Å². The number of methoxy groups -OCH3 is 1. The summed E-state index contributed by atoms with van der Waals surface area (Å²) in [6.45, 7) is 1.95. The highest BCUT2D eigenvalue weighted by Crippen LogP contribution is 2.35. The van der Waals surface area contributed by atoms with Crippen LogP contribution >= 0.6 is 11.3 Å². The summed E-state index contributed by atoms with van der Waals surface area (Å²) >= 11 is 1.31. The van der Waals surface area contributed by atoms with Crippen LogP contribution in [0.1, 0.15) is 28.2 Å². The smallest absolute Gasteiger partial charge is 0.264 e. The molecule has 1 amide bonds. The maximum atomic E-state index is 12.8. The largest absolute Gasteiger partial charge is 0.497 e. The van der Waals surface area contributed by atoms with Gasteiger partial charge < -0.3 is 15.8 Å². The number of benzene rings is 2. The summed E-state index contributed by atoms with van der Waals surface area (Å²) in [4.78, 5) is 18.8. The number of thiophene rings is 1. The van der Waals surface area contributed by atoms with Crippen molar-refractivity contribution in [2.45, 2.75) is 13.0 Å². The number of ether oxygens (including phenoxy) is 1. The van der Waals surface area contributed by atoms with E-state index in [0.717, 1.165) is 32.8 Å². The second kappa shape index (κ2) is 7.93. The van der Waals surface area contributed by atoms with Gasteiger partial charge in [0.1, 0.15) is 15.5 Å². The topological polar surface area (TPSA) is 77.2 Å². The summed E-state index contributed by atoms with van der Waals surface area (Å²) in [6.07, 6.45) is 0. The number of nitrogen functional groups attached to an aromatic ring is 1. The third kappa shape index (κ3) is 3.79. The van der Waals surface area contributed by atoms with Crippen LogP contribution in [0.2, 0.25) is 0 Å². The average Bonchev–Trinajstić information content (AvgIpc) is 3.10. The number of amides is 1. The van der Waals surface area contributed by atoms with E-state index < -0.39 is 0 Å². The average molecular weight is 404 g/mol. The zero-order valence-corrected chi connectivity index (χ0v) is 17.0. The summed E-state index contributed by atoms with van der Waals surface area (Å²) in [5.41, 5.74) is 9.54. The molecule has 0 spiro atoms. The number of hydrogen-bond acceptors (Lipinski definition) is 5. The van der Waals surface area contributed by atoms with Crippen LogP contribution in [0.5, 0.6) is 5.75 Å². The first-order chi connectivity index (χ1) is 14.1. The molecule has 0 saturated heterocycles. The van der Waals surface area contributed by atoms with Crippen LogP contribution in [0.15, 0.2) is 66.7 Å². The van der Waals surface area contributed by atoms with Crippen molar-refractivity contribution in [3.05, 3.63) is 77.2 Å². The number of carbonyl (C=O) groups is 1. The van der Waals surface area contributed by atoms with Crippen molar-refractivity contribution in [3.63, 3.8) is 0 Å². The Morgan fingerprint density at radius 2 is 1.90 bits per heavy atom. The van der Waals surface area contributed by atoms with Gasteiger partial charge in [0.15, 0.2) is 0 Å². The van der Waals surface area contributed by atoms with Gasteiger partial charge in [-0.25, -0.2) is 4.98 Å². The predicted molar refractivity (Wildman–Crippen MR) is 118 cm³/mol. The Bertz CT molecular complexity index is 1170. The molecule has 0 aliphatic carbocycles. The number of hydrogen-bond donors (Lipinski definition) is 2. The van der Waals surface area contributed by atoms with Crippen LogP contribution in [-0.2, 0) is 0 Å². The second-order valence-electron chi connectivity index (χ2n) is 6.73. The number of nitrogens with zero attached hydrogens (tertiary/aromatic N) is 1. The quantitative estimate of drug-likeness (QED) is 0.489. The van der Waals surface area contributed by atoms with Crippen molar-refractivity contribution in [3.8, 4) is 17.0 Å². The third-order valence-corrected chi connectivity index (χ3v) is 5.93. The number of nitrogens with one attached hydrogen (secondary N) is 1. The molecular formula is C23H21N3O2S. The minimum Gasteiger partial charge on any atom is -0.497 e. The van der Waals surface area contributed by atoms with Crippen LogP contribution in [-0.4, -0.2) is 18.0 Å². The van der Waals surface area contributed by atoms with E-state index in [1.165, 1.54) is 11.3 Å². The lowest BCUT2D eigenvalue weighted by atomic mass is 10.1. The van der Waals surface area contributed by atoms with Gasteiger partial charge in [-0.05, 0) is 36.8 Å². The predicted octanol–water partition coefficient (Wildman–Crippen LogP) is 5.05. The molecule has 1 atom stereocenters. The first-order valence-electron chi connectivity index (χ1n) is 9.26. The molecule has 3 N–H and O–H groups in total. The number of anilines is 1. The Balaban J connectivity index is 1.64. The maximum Gasteiger partial charge on any atom is 0.264 e. The molecule has 0 bridgehead atoms. The van der Waals surface area contributed by atoms with Crippen molar-refractivity contribution >= 4 is 33.1 Å². The number of fused-ring (bicyclic) bond motifs is 1. The Morgan fingerprint density at radius 1 is 1.10 bits per heavy atom. The molecule has 0 radical (unpaired) electrons. The van der Waals surface area contributed by atoms with Gasteiger partial charge in [-0.15, -0.1) is 11.3 Å². The Labute approximate surface area is 173 Å². The molecule has 1 unspecified atom stereocenters. The molecule has 0 aliphatic rings. The Hall–Kier alpha value is -3.38. The van der Waals surface area contributed by atoms with Gasteiger partial charge in [-0.3, -0.25) is 4.79 Å². The number of nitrogens with two attached hydrogens (primary N) is 1. The lowest BCUT2D eigenvalue weighted by molar-refractivity contribution is 0.0945. The van der Waals surface area contributed by atoms with Crippen LogP contribution in [0, 0.1) is 0 Å². The highest BCUT2D eigenvalue weighted by Gasteiger charge is 2.19. The maximum absolute atomic E-state index is 12.8. The molecule has 4 aromatic rings. The molecule has 0 saturated carbocycles. The molecule has 2 aromatic heterocycles. The van der Waals surface area contributed by atoms with Crippen LogP contribution < -0.4 is 15.8 Å². The van der Waals surface area contributed by atoms with E-state index in [-0.39, 0.29) is 11.9 Å². The monoisotopic (exact) mass is 403 g/mol. The molecular weight excluding hydrogens is 382 g/mol. The van der Waals surface area contributed by atoms with Gasteiger partial charge in [0, 0.05) is 10.9 Å².